The number of hydrogen-bond acceptors (Lipinski definition) is 5. The maximum atomic E-state index is 13.8. The molecule has 1 fully saturated rings. The summed E-state index contributed by atoms with van der Waals surface area (Å²) >= 11 is 0. The van der Waals surface area contributed by atoms with Gasteiger partial charge in [0.05, 0.1) is 23.9 Å². The number of halogens is 1. The predicted molar refractivity (Wildman–Crippen MR) is 137 cm³/mol. The summed E-state index contributed by atoms with van der Waals surface area (Å²) in [5, 5.41) is 4.53. The molecule has 7 nitrogen and oxygen atoms in total. The topological polar surface area (TPSA) is 78.8 Å². The second-order valence-corrected chi connectivity index (χ2v) is 8.93. The molecule has 1 aromatic carbocycles. The molecular formula is C25H31FN5O2P. The van der Waals surface area contributed by atoms with Crippen LogP contribution in [0.15, 0.2) is 54.2 Å². The third-order valence-electron chi connectivity index (χ3n) is 5.47. The molecular weight excluding hydrogens is 452 g/mol. The normalized spacial score (nSPS) is 18.3. The number of nitrogens with zero attached hydrogens (tertiary/aromatic N) is 3. The lowest BCUT2D eigenvalue weighted by Gasteiger charge is -2.34. The molecule has 0 spiro atoms. The number of benzene rings is 1. The molecule has 1 aromatic heterocycles. The summed E-state index contributed by atoms with van der Waals surface area (Å²) in [6.07, 6.45) is 4.67. The Kier molecular flexibility index (Phi) is 8.53. The van der Waals surface area contributed by atoms with E-state index in [0.29, 0.717) is 34.3 Å². The van der Waals surface area contributed by atoms with E-state index < -0.39 is 12.0 Å². The minimum Gasteiger partial charge on any atom is -0.465 e. The van der Waals surface area contributed by atoms with Crippen LogP contribution in [0.25, 0.3) is 5.76 Å². The third kappa shape index (κ3) is 6.72. The van der Waals surface area contributed by atoms with Gasteiger partial charge >= 0.3 is 0 Å². The monoisotopic (exact) mass is 483 g/mol. The minimum absolute atomic E-state index is 0.209. The Hall–Kier alpha value is -3.09. The number of pyridine rings is 1. The highest BCUT2D eigenvalue weighted by Gasteiger charge is 2.27. The van der Waals surface area contributed by atoms with Gasteiger partial charge in [-0.3, -0.25) is 15.1 Å². The SMILES string of the molecule is C=C(O/C=C\C(C)CC)c1ccc(C)c(N=C2NC(=O)C(C)NN2Cc2cc(F)nc(P)c2)c1. The van der Waals surface area contributed by atoms with Crippen molar-refractivity contribution in [3.05, 3.63) is 71.9 Å². The van der Waals surface area contributed by atoms with Crippen molar-refractivity contribution in [1.82, 2.24) is 20.7 Å². The van der Waals surface area contributed by atoms with Crippen molar-refractivity contribution >= 4 is 38.0 Å². The van der Waals surface area contributed by atoms with Gasteiger partial charge in [0.1, 0.15) is 11.8 Å². The number of aryl methyl sites for hydroxylation is 1. The van der Waals surface area contributed by atoms with E-state index in [-0.39, 0.29) is 12.5 Å². The Labute approximate surface area is 202 Å². The Morgan fingerprint density at radius 3 is 2.88 bits per heavy atom. The number of carbonyl (C=O) groups excluding carboxylic acids is 1. The third-order valence-corrected chi connectivity index (χ3v) is 5.76. The summed E-state index contributed by atoms with van der Waals surface area (Å²) in [7, 11) is 2.39. The molecule has 180 valence electrons. The Bertz CT molecular complexity index is 1110. The summed E-state index contributed by atoms with van der Waals surface area (Å²) in [6, 6.07) is 8.33. The standard InChI is InChI=1S/C25H31FN5O2P/c1-6-15(2)9-10-33-18(5)20-8-7-16(3)21(13-20)27-25-29-24(32)17(4)30-31(25)14-19-11-22(26)28-23(34)12-19/h7-13,15,17,30H,5-6,14,34H2,1-4H3,(H,27,29,32)/b10-9-. The van der Waals surface area contributed by atoms with Crippen LogP contribution in [-0.2, 0) is 16.1 Å². The van der Waals surface area contributed by atoms with Gasteiger partial charge in [-0.25, -0.2) is 15.4 Å². The van der Waals surface area contributed by atoms with E-state index in [0.717, 1.165) is 17.5 Å². The summed E-state index contributed by atoms with van der Waals surface area (Å²) in [6.45, 7) is 12.2. The lowest BCUT2D eigenvalue weighted by atomic mass is 10.1. The van der Waals surface area contributed by atoms with Crippen molar-refractivity contribution in [2.24, 2.45) is 10.9 Å². The van der Waals surface area contributed by atoms with Crippen molar-refractivity contribution in [2.75, 3.05) is 0 Å². The van der Waals surface area contributed by atoms with Crippen molar-refractivity contribution in [3.63, 3.8) is 0 Å². The number of allylic oxidation sites excluding steroid dienone is 1. The first kappa shape index (κ1) is 25.5. The number of amides is 1. The van der Waals surface area contributed by atoms with Crippen LogP contribution in [0.4, 0.5) is 10.1 Å². The Morgan fingerprint density at radius 2 is 2.18 bits per heavy atom. The van der Waals surface area contributed by atoms with Crippen LogP contribution < -0.4 is 16.2 Å². The molecule has 2 heterocycles. The number of guanidine groups is 1. The first-order valence-electron chi connectivity index (χ1n) is 11.1. The van der Waals surface area contributed by atoms with Gasteiger partial charge in [-0.1, -0.05) is 41.8 Å². The molecule has 1 aliphatic rings. The van der Waals surface area contributed by atoms with E-state index in [2.05, 4.69) is 45.4 Å². The Balaban J connectivity index is 1.88. The average Bonchev–Trinajstić information content (AvgIpc) is 2.77. The van der Waals surface area contributed by atoms with Gasteiger partial charge in [0.15, 0.2) is 0 Å². The van der Waals surface area contributed by atoms with Gasteiger partial charge in [-0.15, -0.1) is 0 Å². The number of hydrazine groups is 1. The molecule has 1 saturated heterocycles. The van der Waals surface area contributed by atoms with Gasteiger partial charge in [0.25, 0.3) is 0 Å². The second kappa shape index (κ2) is 11.4. The van der Waals surface area contributed by atoms with Gasteiger partial charge in [-0.05, 0) is 61.6 Å². The van der Waals surface area contributed by atoms with E-state index in [1.165, 1.54) is 6.07 Å². The summed E-state index contributed by atoms with van der Waals surface area (Å²) in [5.41, 5.74) is 6.63. The maximum Gasteiger partial charge on any atom is 0.245 e. The summed E-state index contributed by atoms with van der Waals surface area (Å²) in [4.78, 5) is 20.8. The molecule has 2 aromatic rings. The molecule has 0 saturated carbocycles. The van der Waals surface area contributed by atoms with Crippen molar-refractivity contribution < 1.29 is 13.9 Å². The van der Waals surface area contributed by atoms with Crippen molar-refractivity contribution in [3.8, 4) is 0 Å². The number of aromatic nitrogens is 1. The van der Waals surface area contributed by atoms with Crippen LogP contribution >= 0.6 is 9.24 Å². The van der Waals surface area contributed by atoms with Crippen LogP contribution in [-0.4, -0.2) is 27.9 Å². The molecule has 1 aliphatic heterocycles. The summed E-state index contributed by atoms with van der Waals surface area (Å²) < 4.78 is 19.5. The van der Waals surface area contributed by atoms with Crippen molar-refractivity contribution in [1.29, 1.82) is 0 Å². The number of ether oxygens (including phenoxy) is 1. The van der Waals surface area contributed by atoms with E-state index in [1.807, 2.05) is 31.2 Å². The number of nitrogens with one attached hydrogen (secondary N) is 2. The van der Waals surface area contributed by atoms with E-state index >= 15 is 0 Å². The fourth-order valence-corrected chi connectivity index (χ4v) is 3.51. The first-order valence-corrected chi connectivity index (χ1v) is 11.7. The van der Waals surface area contributed by atoms with E-state index in [4.69, 9.17) is 9.73 Å². The highest BCUT2D eigenvalue weighted by molar-refractivity contribution is 7.26. The molecule has 3 rings (SSSR count). The lowest BCUT2D eigenvalue weighted by molar-refractivity contribution is -0.124. The molecule has 34 heavy (non-hydrogen) atoms. The molecule has 0 radical (unpaired) electrons. The van der Waals surface area contributed by atoms with Crippen LogP contribution in [0.2, 0.25) is 0 Å². The second-order valence-electron chi connectivity index (χ2n) is 8.34. The molecule has 0 bridgehead atoms. The quantitative estimate of drug-likeness (QED) is 0.336. The zero-order chi connectivity index (χ0) is 24.8. The number of aliphatic imine (C=N–C) groups is 1. The van der Waals surface area contributed by atoms with E-state index in [1.54, 1.807) is 24.3 Å². The number of rotatable bonds is 8. The predicted octanol–water partition coefficient (Wildman–Crippen LogP) is 4.09. The van der Waals surface area contributed by atoms with Crippen LogP contribution in [0, 0.1) is 18.8 Å². The lowest BCUT2D eigenvalue weighted by Crippen LogP contribution is -2.63. The number of carbonyl (C=O) groups is 1. The zero-order valence-corrected chi connectivity index (χ0v) is 21.1. The molecule has 9 heteroatoms. The first-order chi connectivity index (χ1) is 16.2. The number of hydrogen-bond donors (Lipinski definition) is 2. The highest BCUT2D eigenvalue weighted by atomic mass is 31.0. The van der Waals surface area contributed by atoms with Gasteiger partial charge in [-0.2, -0.15) is 4.39 Å². The highest BCUT2D eigenvalue weighted by Crippen LogP contribution is 2.25. The average molecular weight is 484 g/mol. The summed E-state index contributed by atoms with van der Waals surface area (Å²) in [5.74, 6) is 0.449. The maximum absolute atomic E-state index is 13.8. The molecule has 3 unspecified atom stereocenters. The van der Waals surface area contributed by atoms with Gasteiger partial charge < -0.3 is 4.74 Å². The minimum atomic E-state index is -0.570. The van der Waals surface area contributed by atoms with E-state index in [9.17, 15) is 9.18 Å². The molecule has 1 amide bonds. The van der Waals surface area contributed by atoms with Crippen LogP contribution in [0.3, 0.4) is 0 Å². The van der Waals surface area contributed by atoms with Gasteiger partial charge in [0.2, 0.25) is 17.8 Å². The zero-order valence-electron chi connectivity index (χ0n) is 19.9. The van der Waals surface area contributed by atoms with Crippen LogP contribution in [0.5, 0.6) is 0 Å². The molecule has 3 atom stereocenters. The largest absolute Gasteiger partial charge is 0.465 e. The molecule has 0 aliphatic carbocycles. The fraction of sp³-hybridized carbons (Fsp3) is 0.320. The van der Waals surface area contributed by atoms with Gasteiger partial charge in [0, 0.05) is 5.56 Å². The fourth-order valence-electron chi connectivity index (χ4n) is 3.17. The van der Waals surface area contributed by atoms with Crippen LogP contribution in [0.1, 0.15) is 43.9 Å². The molecule has 2 N–H and O–H groups in total. The smallest absolute Gasteiger partial charge is 0.245 e. The van der Waals surface area contributed by atoms with Crippen molar-refractivity contribution in [2.45, 2.75) is 46.7 Å². The Morgan fingerprint density at radius 1 is 1.41 bits per heavy atom.